The van der Waals surface area contributed by atoms with E-state index < -0.39 is 0 Å². The fourth-order valence-electron chi connectivity index (χ4n) is 3.38. The van der Waals surface area contributed by atoms with Crippen molar-refractivity contribution in [2.24, 2.45) is 5.92 Å². The van der Waals surface area contributed by atoms with Gasteiger partial charge in [-0.25, -0.2) is 4.98 Å². The summed E-state index contributed by atoms with van der Waals surface area (Å²) < 4.78 is 0. The van der Waals surface area contributed by atoms with E-state index in [0.29, 0.717) is 23.5 Å². The van der Waals surface area contributed by atoms with Crippen LogP contribution in [0.4, 0.5) is 5.82 Å². The average Bonchev–Trinajstić information content (AvgIpc) is 3.24. The van der Waals surface area contributed by atoms with Crippen molar-refractivity contribution in [3.63, 3.8) is 0 Å². The number of hydrogen-bond acceptors (Lipinski definition) is 5. The highest BCUT2D eigenvalue weighted by Gasteiger charge is 2.24. The molecule has 0 radical (unpaired) electrons. The molecule has 2 aliphatic rings. The molecule has 1 N–H and O–H groups in total. The van der Waals surface area contributed by atoms with E-state index in [-0.39, 0.29) is 5.91 Å². The molecular weight excluding hydrogens is 290 g/mol. The van der Waals surface area contributed by atoms with Gasteiger partial charge in [-0.2, -0.15) is 0 Å². The van der Waals surface area contributed by atoms with Gasteiger partial charge in [-0.15, -0.1) is 0 Å². The number of nitrogens with one attached hydrogen (secondary N) is 1. The molecule has 2 fully saturated rings. The normalized spacial score (nSPS) is 22.0. The van der Waals surface area contributed by atoms with E-state index in [2.05, 4.69) is 34.0 Å². The third-order valence-electron chi connectivity index (χ3n) is 4.87. The molecule has 6 nitrogen and oxygen atoms in total. The lowest BCUT2D eigenvalue weighted by Gasteiger charge is -2.20. The second kappa shape index (κ2) is 7.25. The van der Waals surface area contributed by atoms with Crippen molar-refractivity contribution in [2.45, 2.75) is 39.2 Å². The van der Waals surface area contributed by atoms with Gasteiger partial charge in [0.05, 0.1) is 12.4 Å². The van der Waals surface area contributed by atoms with Crippen LogP contribution in [0.2, 0.25) is 0 Å². The van der Waals surface area contributed by atoms with E-state index in [1.807, 2.05) is 4.90 Å². The zero-order valence-electron chi connectivity index (χ0n) is 14.2. The van der Waals surface area contributed by atoms with E-state index in [0.717, 1.165) is 39.0 Å². The monoisotopic (exact) mass is 317 g/mol. The molecule has 0 spiro atoms. The minimum absolute atomic E-state index is 0.00509. The van der Waals surface area contributed by atoms with Gasteiger partial charge < -0.3 is 15.1 Å². The molecule has 126 valence electrons. The predicted molar refractivity (Wildman–Crippen MR) is 90.5 cm³/mol. The van der Waals surface area contributed by atoms with Gasteiger partial charge >= 0.3 is 0 Å². The fraction of sp³-hybridized carbons (Fsp3) is 0.706. The number of nitrogens with zero attached hydrogens (tertiary/aromatic N) is 4. The minimum atomic E-state index is 0.00509. The number of likely N-dealkylation sites (tertiary alicyclic amines) is 2. The van der Waals surface area contributed by atoms with Crippen LogP contribution in [-0.2, 0) is 0 Å². The Balaban J connectivity index is 1.54. The Hall–Kier alpha value is -1.69. The van der Waals surface area contributed by atoms with Crippen LogP contribution < -0.4 is 5.32 Å². The maximum atomic E-state index is 12.4. The first kappa shape index (κ1) is 16.2. The van der Waals surface area contributed by atoms with Crippen LogP contribution in [0.3, 0.4) is 0 Å². The number of carbonyl (C=O) groups is 1. The first-order chi connectivity index (χ1) is 11.1. The summed E-state index contributed by atoms with van der Waals surface area (Å²) in [5.74, 6) is 1.35. The van der Waals surface area contributed by atoms with E-state index in [4.69, 9.17) is 0 Å². The van der Waals surface area contributed by atoms with Gasteiger partial charge in [0.1, 0.15) is 11.5 Å². The lowest BCUT2D eigenvalue weighted by Crippen LogP contribution is -2.29. The van der Waals surface area contributed by atoms with Crippen LogP contribution in [-0.4, -0.2) is 64.4 Å². The Morgan fingerprint density at radius 2 is 2.09 bits per heavy atom. The Labute approximate surface area is 138 Å². The lowest BCUT2D eigenvalue weighted by atomic mass is 10.1. The largest absolute Gasteiger partial charge is 0.368 e. The Morgan fingerprint density at radius 3 is 2.78 bits per heavy atom. The van der Waals surface area contributed by atoms with E-state index in [9.17, 15) is 4.79 Å². The van der Waals surface area contributed by atoms with Gasteiger partial charge in [-0.05, 0) is 45.6 Å². The lowest BCUT2D eigenvalue weighted by molar-refractivity contribution is 0.0786. The maximum absolute atomic E-state index is 12.4. The Kier molecular flexibility index (Phi) is 5.10. The summed E-state index contributed by atoms with van der Waals surface area (Å²) in [4.78, 5) is 25.4. The smallest absolute Gasteiger partial charge is 0.274 e. The average molecular weight is 317 g/mol. The van der Waals surface area contributed by atoms with Gasteiger partial charge in [0.15, 0.2) is 0 Å². The van der Waals surface area contributed by atoms with Crippen LogP contribution in [0.5, 0.6) is 0 Å². The second-order valence-corrected chi connectivity index (χ2v) is 6.91. The predicted octanol–water partition coefficient (Wildman–Crippen LogP) is 1.85. The summed E-state index contributed by atoms with van der Waals surface area (Å²) in [6.07, 6.45) is 6.67. The van der Waals surface area contributed by atoms with Crippen molar-refractivity contribution in [1.29, 1.82) is 0 Å². The molecule has 0 bridgehead atoms. The maximum Gasteiger partial charge on any atom is 0.274 e. The number of hydrogen-bond donors (Lipinski definition) is 1. The number of amides is 1. The van der Waals surface area contributed by atoms with Gasteiger partial charge in [-0.1, -0.05) is 0 Å². The van der Waals surface area contributed by atoms with Crippen molar-refractivity contribution in [2.75, 3.05) is 38.0 Å². The molecule has 0 aromatic carbocycles. The van der Waals surface area contributed by atoms with Gasteiger partial charge in [0.25, 0.3) is 5.91 Å². The molecule has 1 aromatic rings. The molecule has 2 saturated heterocycles. The summed E-state index contributed by atoms with van der Waals surface area (Å²) in [5, 5.41) is 3.36. The molecule has 0 saturated carbocycles. The highest BCUT2D eigenvalue weighted by Crippen LogP contribution is 2.19. The highest BCUT2D eigenvalue weighted by atomic mass is 16.2. The summed E-state index contributed by atoms with van der Waals surface area (Å²) in [5.41, 5.74) is 0.451. The number of aromatic nitrogens is 2. The molecule has 0 aliphatic carbocycles. The number of anilines is 1. The van der Waals surface area contributed by atoms with Crippen LogP contribution in [0.25, 0.3) is 0 Å². The Morgan fingerprint density at radius 1 is 1.30 bits per heavy atom. The first-order valence-corrected chi connectivity index (χ1v) is 8.72. The standard InChI is InChI=1S/C17H27N5O/c1-13(2)22-8-5-14(12-22)9-19-16-11-18-10-15(20-16)17(23)21-6-3-4-7-21/h10-11,13-14H,3-9,12H2,1-2H3,(H,19,20)/t14-/m0/s1. The summed E-state index contributed by atoms with van der Waals surface area (Å²) >= 11 is 0. The fourth-order valence-corrected chi connectivity index (χ4v) is 3.38. The number of carbonyl (C=O) groups excluding carboxylic acids is 1. The van der Waals surface area contributed by atoms with Gasteiger partial charge in [0, 0.05) is 32.2 Å². The quantitative estimate of drug-likeness (QED) is 0.898. The summed E-state index contributed by atoms with van der Waals surface area (Å²) in [7, 11) is 0. The van der Waals surface area contributed by atoms with E-state index in [1.165, 1.54) is 13.0 Å². The topological polar surface area (TPSA) is 61.4 Å². The molecule has 6 heteroatoms. The van der Waals surface area contributed by atoms with Crippen LogP contribution in [0.15, 0.2) is 12.4 Å². The van der Waals surface area contributed by atoms with E-state index in [1.54, 1.807) is 12.4 Å². The van der Waals surface area contributed by atoms with Gasteiger partial charge in [-0.3, -0.25) is 9.78 Å². The molecule has 1 aromatic heterocycles. The summed E-state index contributed by atoms with van der Waals surface area (Å²) in [6.45, 7) is 9.35. The van der Waals surface area contributed by atoms with Crippen molar-refractivity contribution in [3.05, 3.63) is 18.1 Å². The first-order valence-electron chi connectivity index (χ1n) is 8.72. The van der Waals surface area contributed by atoms with Crippen molar-refractivity contribution in [3.8, 4) is 0 Å². The molecule has 3 rings (SSSR count). The molecule has 1 atom stereocenters. The third kappa shape index (κ3) is 3.99. The molecule has 3 heterocycles. The molecule has 1 amide bonds. The molecule has 0 unspecified atom stereocenters. The van der Waals surface area contributed by atoms with Gasteiger partial charge in [0.2, 0.25) is 0 Å². The zero-order chi connectivity index (χ0) is 16.2. The van der Waals surface area contributed by atoms with Crippen molar-refractivity contribution < 1.29 is 4.79 Å². The van der Waals surface area contributed by atoms with Crippen molar-refractivity contribution >= 4 is 11.7 Å². The molecule has 2 aliphatic heterocycles. The zero-order valence-corrected chi connectivity index (χ0v) is 14.2. The van der Waals surface area contributed by atoms with Crippen molar-refractivity contribution in [1.82, 2.24) is 19.8 Å². The molecular formula is C17H27N5O. The number of rotatable bonds is 5. The van der Waals surface area contributed by atoms with Crippen LogP contribution in [0.1, 0.15) is 43.6 Å². The van der Waals surface area contributed by atoms with E-state index >= 15 is 0 Å². The minimum Gasteiger partial charge on any atom is -0.368 e. The van der Waals surface area contributed by atoms with Crippen LogP contribution in [0, 0.1) is 5.92 Å². The summed E-state index contributed by atoms with van der Waals surface area (Å²) in [6, 6.07) is 0.612. The second-order valence-electron chi connectivity index (χ2n) is 6.91. The third-order valence-corrected chi connectivity index (χ3v) is 4.87. The highest BCUT2D eigenvalue weighted by molar-refractivity contribution is 5.92. The molecule has 23 heavy (non-hydrogen) atoms. The SMILES string of the molecule is CC(C)N1CC[C@@H](CNc2cncc(C(=O)N3CCCC3)n2)C1. The Bertz CT molecular complexity index is 542. The van der Waals surface area contributed by atoms with Crippen LogP contribution >= 0.6 is 0 Å².